The molecule has 4 heteroatoms. The van der Waals surface area contributed by atoms with Crippen molar-refractivity contribution in [3.05, 3.63) is 0 Å². The minimum Gasteiger partial charge on any atom is -0.353 e. The summed E-state index contributed by atoms with van der Waals surface area (Å²) in [6, 6.07) is 0.576. The van der Waals surface area contributed by atoms with Gasteiger partial charge in [0, 0.05) is 16.8 Å². The molecule has 96 valence electrons. The van der Waals surface area contributed by atoms with Gasteiger partial charge in [0.25, 0.3) is 0 Å². The molecule has 0 aromatic rings. The highest BCUT2D eigenvalue weighted by Gasteiger charge is 2.19. The van der Waals surface area contributed by atoms with E-state index < -0.39 is 0 Å². The van der Waals surface area contributed by atoms with Crippen LogP contribution in [0.4, 0.5) is 0 Å². The van der Waals surface area contributed by atoms with Crippen LogP contribution in [0.15, 0.2) is 0 Å². The number of amides is 1. The van der Waals surface area contributed by atoms with Gasteiger partial charge in [-0.15, -0.1) is 0 Å². The van der Waals surface area contributed by atoms with E-state index >= 15 is 0 Å². The van der Waals surface area contributed by atoms with Gasteiger partial charge in [-0.1, -0.05) is 13.8 Å². The van der Waals surface area contributed by atoms with E-state index in [1.807, 2.05) is 25.6 Å². The molecule has 0 aliphatic carbocycles. The van der Waals surface area contributed by atoms with Gasteiger partial charge in [-0.05, 0) is 33.4 Å². The molecule has 0 saturated carbocycles. The molecule has 3 nitrogen and oxygen atoms in total. The van der Waals surface area contributed by atoms with Gasteiger partial charge in [0.15, 0.2) is 0 Å². The Morgan fingerprint density at radius 1 is 1.31 bits per heavy atom. The van der Waals surface area contributed by atoms with Gasteiger partial charge in [0.1, 0.15) is 0 Å². The summed E-state index contributed by atoms with van der Waals surface area (Å²) in [6.45, 7) is 10.9. The quantitative estimate of drug-likeness (QED) is 0.722. The Morgan fingerprint density at radius 3 is 2.31 bits per heavy atom. The summed E-state index contributed by atoms with van der Waals surface area (Å²) in [5.74, 6) is 0.0730. The third kappa shape index (κ3) is 7.99. The summed E-state index contributed by atoms with van der Waals surface area (Å²) >= 11 is 1.86. The van der Waals surface area contributed by atoms with Crippen LogP contribution in [0.5, 0.6) is 0 Å². The zero-order chi connectivity index (χ0) is 12.8. The fraction of sp³-hybridized carbons (Fsp3) is 0.917. The molecule has 0 aliphatic heterocycles. The fourth-order valence-corrected chi connectivity index (χ4v) is 1.95. The van der Waals surface area contributed by atoms with Gasteiger partial charge in [-0.2, -0.15) is 11.8 Å². The highest BCUT2D eigenvalue weighted by molar-refractivity contribution is 7.99. The molecular formula is C12H26N2OS. The molecule has 1 atom stereocenters. The van der Waals surface area contributed by atoms with Crippen molar-refractivity contribution in [2.45, 2.75) is 57.9 Å². The number of thioether (sulfide) groups is 1. The van der Waals surface area contributed by atoms with Crippen LogP contribution in [0.3, 0.4) is 0 Å². The number of carbonyl (C=O) groups is 1. The first-order chi connectivity index (χ1) is 7.26. The van der Waals surface area contributed by atoms with Crippen molar-refractivity contribution in [3.8, 4) is 0 Å². The normalized spacial score (nSPS) is 13.9. The lowest BCUT2D eigenvalue weighted by atomic mass is 10.0. The number of hydrogen-bond acceptors (Lipinski definition) is 3. The van der Waals surface area contributed by atoms with Crippen molar-refractivity contribution in [3.63, 3.8) is 0 Å². The molecule has 0 aromatic heterocycles. The van der Waals surface area contributed by atoms with Crippen molar-refractivity contribution in [2.24, 2.45) is 0 Å². The molecule has 0 fully saturated rings. The van der Waals surface area contributed by atoms with E-state index in [4.69, 9.17) is 0 Å². The van der Waals surface area contributed by atoms with E-state index in [-0.39, 0.29) is 16.7 Å². The third-order valence-corrected chi connectivity index (χ3v) is 3.68. The Hall–Kier alpha value is -0.220. The Kier molecular flexibility index (Phi) is 7.07. The second kappa shape index (κ2) is 7.17. The van der Waals surface area contributed by atoms with Crippen molar-refractivity contribution in [1.82, 2.24) is 10.6 Å². The summed E-state index contributed by atoms with van der Waals surface area (Å²) < 4.78 is 0.265. The summed E-state index contributed by atoms with van der Waals surface area (Å²) in [4.78, 5) is 11.4. The van der Waals surface area contributed by atoms with Crippen LogP contribution in [0.25, 0.3) is 0 Å². The maximum Gasteiger partial charge on any atom is 0.234 e. The van der Waals surface area contributed by atoms with E-state index in [1.165, 1.54) is 0 Å². The summed E-state index contributed by atoms with van der Waals surface area (Å²) in [5, 5.41) is 6.12. The first-order valence-electron chi connectivity index (χ1n) is 5.84. The van der Waals surface area contributed by atoms with E-state index in [1.54, 1.807) is 0 Å². The van der Waals surface area contributed by atoms with E-state index in [9.17, 15) is 4.79 Å². The lowest BCUT2D eigenvalue weighted by Crippen LogP contribution is -2.42. The predicted octanol–water partition coefficient (Wildman–Crippen LogP) is 2.02. The smallest absolute Gasteiger partial charge is 0.234 e. The highest BCUT2D eigenvalue weighted by atomic mass is 32.2. The molecule has 0 aromatic carbocycles. The fourth-order valence-electron chi connectivity index (χ4n) is 1.53. The van der Waals surface area contributed by atoms with Crippen LogP contribution in [-0.2, 0) is 4.79 Å². The van der Waals surface area contributed by atoms with Crippen LogP contribution in [0.1, 0.15) is 41.0 Å². The molecule has 0 spiro atoms. The van der Waals surface area contributed by atoms with Gasteiger partial charge in [-0.25, -0.2) is 0 Å². The van der Waals surface area contributed by atoms with Gasteiger partial charge in [0.05, 0.1) is 6.54 Å². The summed E-state index contributed by atoms with van der Waals surface area (Å²) in [5.41, 5.74) is 0. The van der Waals surface area contributed by atoms with Crippen LogP contribution in [0, 0.1) is 0 Å². The molecule has 0 aliphatic rings. The number of carbonyl (C=O) groups excluding carboxylic acids is 1. The Balaban J connectivity index is 3.81. The SMILES string of the molecule is CSC(C)(C)CC(C)NCC(=O)NC(C)C. The molecule has 0 bridgehead atoms. The molecule has 2 N–H and O–H groups in total. The van der Waals surface area contributed by atoms with Gasteiger partial charge < -0.3 is 10.6 Å². The third-order valence-electron chi connectivity index (χ3n) is 2.41. The molecule has 1 unspecified atom stereocenters. The minimum atomic E-state index is 0.0730. The zero-order valence-electron chi connectivity index (χ0n) is 11.4. The molecule has 0 heterocycles. The standard InChI is InChI=1S/C12H26N2OS/c1-9(2)14-11(15)8-13-10(3)7-12(4,5)16-6/h9-10,13H,7-8H2,1-6H3,(H,14,15). The topological polar surface area (TPSA) is 41.1 Å². The maximum atomic E-state index is 11.4. The van der Waals surface area contributed by atoms with E-state index in [0.717, 1.165) is 6.42 Å². The summed E-state index contributed by atoms with van der Waals surface area (Å²) in [6.07, 6.45) is 3.18. The van der Waals surface area contributed by atoms with Crippen molar-refractivity contribution in [2.75, 3.05) is 12.8 Å². The van der Waals surface area contributed by atoms with Crippen molar-refractivity contribution >= 4 is 17.7 Å². The second-order valence-electron chi connectivity index (χ2n) is 5.17. The van der Waals surface area contributed by atoms with Crippen molar-refractivity contribution in [1.29, 1.82) is 0 Å². The number of hydrogen-bond donors (Lipinski definition) is 2. The molecule has 0 radical (unpaired) electrons. The van der Waals surface area contributed by atoms with Gasteiger partial charge in [-0.3, -0.25) is 4.79 Å². The molecule has 0 saturated heterocycles. The molecule has 16 heavy (non-hydrogen) atoms. The average molecular weight is 246 g/mol. The highest BCUT2D eigenvalue weighted by Crippen LogP contribution is 2.26. The second-order valence-corrected chi connectivity index (χ2v) is 6.69. The lowest BCUT2D eigenvalue weighted by Gasteiger charge is -2.26. The van der Waals surface area contributed by atoms with Crippen LogP contribution < -0.4 is 10.6 Å². The Labute approximate surface area is 104 Å². The van der Waals surface area contributed by atoms with Crippen molar-refractivity contribution < 1.29 is 4.79 Å². The monoisotopic (exact) mass is 246 g/mol. The Bertz CT molecular complexity index is 217. The average Bonchev–Trinajstić information content (AvgIpc) is 2.13. The molecule has 1 amide bonds. The first kappa shape index (κ1) is 15.8. The maximum absolute atomic E-state index is 11.4. The van der Waals surface area contributed by atoms with Crippen LogP contribution in [-0.4, -0.2) is 35.5 Å². The zero-order valence-corrected chi connectivity index (χ0v) is 12.2. The van der Waals surface area contributed by atoms with E-state index in [2.05, 4.69) is 37.7 Å². The molecular weight excluding hydrogens is 220 g/mol. The first-order valence-corrected chi connectivity index (χ1v) is 7.07. The minimum absolute atomic E-state index is 0.0730. The number of nitrogens with one attached hydrogen (secondary N) is 2. The largest absolute Gasteiger partial charge is 0.353 e. The molecule has 0 rings (SSSR count). The Morgan fingerprint density at radius 2 is 1.88 bits per heavy atom. The lowest BCUT2D eigenvalue weighted by molar-refractivity contribution is -0.120. The van der Waals surface area contributed by atoms with Gasteiger partial charge in [0.2, 0.25) is 5.91 Å². The van der Waals surface area contributed by atoms with Crippen LogP contribution >= 0.6 is 11.8 Å². The predicted molar refractivity (Wildman–Crippen MR) is 73.0 cm³/mol. The number of rotatable bonds is 7. The van der Waals surface area contributed by atoms with Gasteiger partial charge >= 0.3 is 0 Å². The van der Waals surface area contributed by atoms with E-state index in [0.29, 0.717) is 12.6 Å². The summed E-state index contributed by atoms with van der Waals surface area (Å²) in [7, 11) is 0. The van der Waals surface area contributed by atoms with Crippen LogP contribution in [0.2, 0.25) is 0 Å².